The second-order valence-electron chi connectivity index (χ2n) is 5.06. The van der Waals surface area contributed by atoms with Crippen molar-refractivity contribution in [3.8, 4) is 5.69 Å². The van der Waals surface area contributed by atoms with Gasteiger partial charge >= 0.3 is 0 Å². The Kier molecular flexibility index (Phi) is 4.05. The van der Waals surface area contributed by atoms with Crippen LogP contribution in [0.4, 0.5) is 17.3 Å². The molecular formula is C15H16ClN7. The maximum atomic E-state index is 6.04. The van der Waals surface area contributed by atoms with Gasteiger partial charge in [-0.05, 0) is 35.4 Å². The van der Waals surface area contributed by atoms with E-state index in [9.17, 15) is 0 Å². The molecular weight excluding hydrogens is 314 g/mol. The number of hydrogen-bond donors (Lipinski definition) is 4. The maximum Gasteiger partial charge on any atom is 0.165 e. The Balaban J connectivity index is 1.89. The average Bonchev–Trinajstić information content (AvgIpc) is 2.99. The summed E-state index contributed by atoms with van der Waals surface area (Å²) < 4.78 is 1.75. The lowest BCUT2D eigenvalue weighted by molar-refractivity contribution is 0.880. The van der Waals surface area contributed by atoms with Gasteiger partial charge in [-0.1, -0.05) is 17.7 Å². The molecule has 7 nitrogen and oxygen atoms in total. The van der Waals surface area contributed by atoms with Gasteiger partial charge in [-0.25, -0.2) is 15.5 Å². The number of benzene rings is 1. The van der Waals surface area contributed by atoms with Crippen LogP contribution in [0.5, 0.6) is 0 Å². The van der Waals surface area contributed by atoms with Gasteiger partial charge in [0.25, 0.3) is 0 Å². The minimum atomic E-state index is 0.351. The largest absolute Gasteiger partial charge is 0.395 e. The Morgan fingerprint density at radius 3 is 2.78 bits per heavy atom. The smallest absolute Gasteiger partial charge is 0.165 e. The van der Waals surface area contributed by atoms with Crippen molar-refractivity contribution in [3.05, 3.63) is 58.9 Å². The number of anilines is 3. The molecule has 0 saturated carbocycles. The van der Waals surface area contributed by atoms with Gasteiger partial charge in [-0.15, -0.1) is 0 Å². The zero-order valence-corrected chi connectivity index (χ0v) is 13.0. The summed E-state index contributed by atoms with van der Waals surface area (Å²) in [5, 5.41) is 5.01. The van der Waals surface area contributed by atoms with Crippen LogP contribution in [0.2, 0.25) is 5.02 Å². The summed E-state index contributed by atoms with van der Waals surface area (Å²) in [5.74, 6) is 6.11. The van der Waals surface area contributed by atoms with Crippen molar-refractivity contribution in [3.63, 3.8) is 0 Å². The standard InChI is InChI=1S/C15H16ClN7/c16-11-2-1-3-12(6-11)23-8-9(7-20-23)4-10-5-13(17)21-15(22-19)14(10)18/h1-3,5-8H,4,18-19H2,(H3,17,21,22). The number of rotatable bonds is 4. The Labute approximate surface area is 138 Å². The number of nitrogens with one attached hydrogen (secondary N) is 1. The fourth-order valence-electron chi connectivity index (χ4n) is 2.32. The number of nitrogens with zero attached hydrogens (tertiary/aromatic N) is 3. The van der Waals surface area contributed by atoms with Gasteiger partial charge in [0.2, 0.25) is 0 Å². The van der Waals surface area contributed by atoms with Gasteiger partial charge in [0, 0.05) is 17.6 Å². The van der Waals surface area contributed by atoms with Crippen LogP contribution >= 0.6 is 11.6 Å². The molecule has 8 heteroatoms. The van der Waals surface area contributed by atoms with Gasteiger partial charge in [-0.2, -0.15) is 5.10 Å². The summed E-state index contributed by atoms with van der Waals surface area (Å²) >= 11 is 6.01. The molecule has 3 aromatic rings. The molecule has 0 bridgehead atoms. The number of nitrogens with two attached hydrogens (primary N) is 3. The van der Waals surface area contributed by atoms with Crippen molar-refractivity contribution in [2.75, 3.05) is 16.9 Å². The topological polar surface area (TPSA) is 121 Å². The molecule has 7 N–H and O–H groups in total. The third kappa shape index (κ3) is 3.20. The van der Waals surface area contributed by atoms with E-state index in [0.717, 1.165) is 16.8 Å². The molecule has 0 radical (unpaired) electrons. The van der Waals surface area contributed by atoms with Crippen molar-refractivity contribution in [1.29, 1.82) is 0 Å². The van der Waals surface area contributed by atoms with Crippen LogP contribution in [0.1, 0.15) is 11.1 Å². The molecule has 2 heterocycles. The third-order valence-corrected chi connectivity index (χ3v) is 3.64. The van der Waals surface area contributed by atoms with E-state index in [-0.39, 0.29) is 0 Å². The monoisotopic (exact) mass is 329 g/mol. The van der Waals surface area contributed by atoms with Crippen molar-refractivity contribution >= 4 is 28.9 Å². The Morgan fingerprint density at radius 2 is 2.04 bits per heavy atom. The lowest BCUT2D eigenvalue weighted by Gasteiger charge is -2.10. The molecule has 23 heavy (non-hydrogen) atoms. The maximum absolute atomic E-state index is 6.04. The molecule has 3 rings (SSSR count). The van der Waals surface area contributed by atoms with E-state index in [1.807, 2.05) is 30.5 Å². The third-order valence-electron chi connectivity index (χ3n) is 3.40. The zero-order valence-electron chi connectivity index (χ0n) is 12.2. The van der Waals surface area contributed by atoms with E-state index >= 15 is 0 Å². The van der Waals surface area contributed by atoms with Gasteiger partial charge in [0.05, 0.1) is 17.6 Å². The van der Waals surface area contributed by atoms with Crippen LogP contribution in [0, 0.1) is 0 Å². The van der Waals surface area contributed by atoms with Crippen LogP contribution in [-0.2, 0) is 6.42 Å². The van der Waals surface area contributed by atoms with E-state index in [4.69, 9.17) is 28.9 Å². The summed E-state index contributed by atoms with van der Waals surface area (Å²) in [4.78, 5) is 4.04. The normalized spacial score (nSPS) is 10.7. The summed E-state index contributed by atoms with van der Waals surface area (Å²) in [6.45, 7) is 0. The fraction of sp³-hybridized carbons (Fsp3) is 0.0667. The molecule has 0 saturated heterocycles. The SMILES string of the molecule is NNc1nc(N)cc(Cc2cnn(-c3cccc(Cl)c3)c2)c1N. The highest BCUT2D eigenvalue weighted by Crippen LogP contribution is 2.25. The average molecular weight is 330 g/mol. The van der Waals surface area contributed by atoms with Gasteiger partial charge in [-0.3, -0.25) is 0 Å². The predicted molar refractivity (Wildman–Crippen MR) is 92.3 cm³/mol. The summed E-state index contributed by atoms with van der Waals surface area (Å²) in [7, 11) is 0. The highest BCUT2D eigenvalue weighted by atomic mass is 35.5. The first-order valence-corrected chi connectivity index (χ1v) is 7.25. The zero-order chi connectivity index (χ0) is 16.4. The van der Waals surface area contributed by atoms with Crippen LogP contribution in [0.3, 0.4) is 0 Å². The highest BCUT2D eigenvalue weighted by molar-refractivity contribution is 6.30. The van der Waals surface area contributed by atoms with Crippen LogP contribution in [0.15, 0.2) is 42.7 Å². The summed E-state index contributed by atoms with van der Waals surface area (Å²) in [5.41, 5.74) is 17.4. The number of hydrazine groups is 1. The van der Waals surface area contributed by atoms with Crippen molar-refractivity contribution in [2.24, 2.45) is 5.84 Å². The molecule has 0 amide bonds. The van der Waals surface area contributed by atoms with E-state index in [2.05, 4.69) is 15.5 Å². The summed E-state index contributed by atoms with van der Waals surface area (Å²) in [6, 6.07) is 9.19. The molecule has 0 atom stereocenters. The molecule has 0 fully saturated rings. The van der Waals surface area contributed by atoms with Crippen LogP contribution < -0.4 is 22.7 Å². The second-order valence-corrected chi connectivity index (χ2v) is 5.50. The first-order valence-electron chi connectivity index (χ1n) is 6.88. The Morgan fingerprint density at radius 1 is 1.22 bits per heavy atom. The number of aromatic nitrogens is 3. The first kappa shape index (κ1) is 15.1. The van der Waals surface area contributed by atoms with Crippen LogP contribution in [0.25, 0.3) is 5.69 Å². The first-order chi connectivity index (χ1) is 11.1. The van der Waals surface area contributed by atoms with E-state index in [1.165, 1.54) is 0 Å². The van der Waals surface area contributed by atoms with Gasteiger partial charge in [0.1, 0.15) is 5.82 Å². The molecule has 118 valence electrons. The quantitative estimate of drug-likeness (QED) is 0.429. The number of hydrogen-bond acceptors (Lipinski definition) is 6. The minimum Gasteiger partial charge on any atom is -0.395 e. The Hall–Kier alpha value is -2.77. The number of halogens is 1. The molecule has 0 unspecified atom stereocenters. The lowest BCUT2D eigenvalue weighted by Crippen LogP contribution is -2.13. The van der Waals surface area contributed by atoms with Gasteiger partial charge < -0.3 is 16.9 Å². The lowest BCUT2D eigenvalue weighted by atomic mass is 10.1. The molecule has 0 aliphatic heterocycles. The molecule has 0 aliphatic rings. The molecule has 1 aromatic carbocycles. The number of nitrogen functional groups attached to an aromatic ring is 3. The van der Waals surface area contributed by atoms with Gasteiger partial charge in [0.15, 0.2) is 5.82 Å². The molecule has 0 spiro atoms. The fourth-order valence-corrected chi connectivity index (χ4v) is 2.50. The number of pyridine rings is 1. The molecule has 2 aromatic heterocycles. The Bertz CT molecular complexity index is 844. The minimum absolute atomic E-state index is 0.351. The highest BCUT2D eigenvalue weighted by Gasteiger charge is 2.10. The van der Waals surface area contributed by atoms with Crippen molar-refractivity contribution in [1.82, 2.24) is 14.8 Å². The van der Waals surface area contributed by atoms with E-state index in [1.54, 1.807) is 16.9 Å². The second kappa shape index (κ2) is 6.15. The van der Waals surface area contributed by atoms with E-state index < -0.39 is 0 Å². The van der Waals surface area contributed by atoms with E-state index in [0.29, 0.717) is 28.8 Å². The summed E-state index contributed by atoms with van der Waals surface area (Å²) in [6.07, 6.45) is 4.25. The van der Waals surface area contributed by atoms with Crippen molar-refractivity contribution < 1.29 is 0 Å². The molecule has 0 aliphatic carbocycles. The van der Waals surface area contributed by atoms with Crippen molar-refractivity contribution in [2.45, 2.75) is 6.42 Å². The van der Waals surface area contributed by atoms with Crippen LogP contribution in [-0.4, -0.2) is 14.8 Å². The predicted octanol–water partition coefficient (Wildman–Crippen LogP) is 1.96.